The average molecular weight is 298 g/mol. The molecule has 5 nitrogen and oxygen atoms in total. The second-order valence-corrected chi connectivity index (χ2v) is 6.68. The zero-order chi connectivity index (χ0) is 15.5. The molecule has 5 heteroatoms. The fraction of sp³-hybridized carbons (Fsp3) is 0.938. The van der Waals surface area contributed by atoms with Gasteiger partial charge in [0.05, 0.1) is 18.3 Å². The molecular weight excluding hydrogens is 268 g/mol. The topological polar surface area (TPSA) is 73.6 Å². The lowest BCUT2D eigenvalue weighted by atomic mass is 9.84. The molecule has 1 saturated carbocycles. The normalized spacial score (nSPS) is 40.3. The predicted octanol–water partition coefficient (Wildman–Crippen LogP) is 1.59. The van der Waals surface area contributed by atoms with E-state index in [-0.39, 0.29) is 30.1 Å². The van der Waals surface area contributed by atoms with E-state index in [2.05, 4.69) is 19.2 Å². The van der Waals surface area contributed by atoms with Gasteiger partial charge in [0.15, 0.2) is 0 Å². The Morgan fingerprint density at radius 1 is 1.38 bits per heavy atom. The summed E-state index contributed by atoms with van der Waals surface area (Å²) in [4.78, 5) is 11.8. The number of carbonyl (C=O) groups excluding carboxylic acids is 1. The van der Waals surface area contributed by atoms with Gasteiger partial charge < -0.3 is 20.5 Å². The van der Waals surface area contributed by atoms with Gasteiger partial charge >= 0.3 is 0 Å². The Morgan fingerprint density at radius 3 is 2.62 bits per heavy atom. The quantitative estimate of drug-likeness (QED) is 0.781. The molecule has 2 rings (SSSR count). The largest absolute Gasteiger partial charge is 0.378 e. The number of hydrogen-bond acceptors (Lipinski definition) is 4. The summed E-state index contributed by atoms with van der Waals surface area (Å²) in [5, 5.41) is 3.18. The lowest BCUT2D eigenvalue weighted by molar-refractivity contribution is -0.126. The fourth-order valence-electron chi connectivity index (χ4n) is 4.10. The Kier molecular flexibility index (Phi) is 5.63. The summed E-state index contributed by atoms with van der Waals surface area (Å²) < 4.78 is 11.8. The Bertz CT molecular complexity index is 353. The standard InChI is InChI=1S/C16H30N2O3/c1-11-9-14(10-12(2)21-11)20-8-6-13-5-4-7-16(13,18-3)15(17)19/h11-14,18H,4-10H2,1-3H3,(H2,17,19). The van der Waals surface area contributed by atoms with Gasteiger partial charge in [-0.25, -0.2) is 0 Å². The number of rotatable bonds is 6. The van der Waals surface area contributed by atoms with Crippen molar-refractivity contribution in [1.82, 2.24) is 5.32 Å². The number of nitrogens with two attached hydrogens (primary N) is 1. The molecule has 0 aromatic rings. The molecule has 1 aliphatic carbocycles. The molecule has 3 N–H and O–H groups in total. The first-order valence-corrected chi connectivity index (χ1v) is 8.24. The minimum Gasteiger partial charge on any atom is -0.378 e. The fourth-order valence-corrected chi connectivity index (χ4v) is 4.10. The van der Waals surface area contributed by atoms with Crippen molar-refractivity contribution >= 4 is 5.91 Å². The van der Waals surface area contributed by atoms with Gasteiger partial charge in [0.1, 0.15) is 5.54 Å². The second kappa shape index (κ2) is 7.07. The van der Waals surface area contributed by atoms with E-state index in [1.165, 1.54) is 0 Å². The molecule has 4 atom stereocenters. The van der Waals surface area contributed by atoms with E-state index in [1.54, 1.807) is 0 Å². The third kappa shape index (κ3) is 3.76. The maximum absolute atomic E-state index is 11.8. The van der Waals surface area contributed by atoms with Gasteiger partial charge in [-0.05, 0) is 58.9 Å². The summed E-state index contributed by atoms with van der Waals surface area (Å²) in [5.41, 5.74) is 5.10. The molecule has 0 radical (unpaired) electrons. The van der Waals surface area contributed by atoms with Crippen LogP contribution >= 0.6 is 0 Å². The molecular formula is C16H30N2O3. The van der Waals surface area contributed by atoms with Crippen molar-refractivity contribution in [3.8, 4) is 0 Å². The zero-order valence-corrected chi connectivity index (χ0v) is 13.6. The van der Waals surface area contributed by atoms with Crippen LogP contribution in [0.4, 0.5) is 0 Å². The van der Waals surface area contributed by atoms with E-state index in [1.807, 2.05) is 7.05 Å². The summed E-state index contributed by atoms with van der Waals surface area (Å²) in [5.74, 6) is 0.0653. The highest BCUT2D eigenvalue weighted by atomic mass is 16.5. The van der Waals surface area contributed by atoms with Crippen molar-refractivity contribution in [2.24, 2.45) is 11.7 Å². The van der Waals surface area contributed by atoms with Gasteiger partial charge in [-0.2, -0.15) is 0 Å². The zero-order valence-electron chi connectivity index (χ0n) is 13.6. The van der Waals surface area contributed by atoms with Gasteiger partial charge in [-0.15, -0.1) is 0 Å². The van der Waals surface area contributed by atoms with E-state index in [4.69, 9.17) is 15.2 Å². The van der Waals surface area contributed by atoms with Crippen LogP contribution in [-0.2, 0) is 14.3 Å². The first-order valence-electron chi connectivity index (χ1n) is 8.24. The van der Waals surface area contributed by atoms with Gasteiger partial charge in [0.25, 0.3) is 0 Å². The number of amides is 1. The highest BCUT2D eigenvalue weighted by Crippen LogP contribution is 2.37. The Morgan fingerprint density at radius 2 is 2.05 bits per heavy atom. The predicted molar refractivity (Wildman–Crippen MR) is 81.9 cm³/mol. The summed E-state index contributed by atoms with van der Waals surface area (Å²) in [6, 6.07) is 0. The number of primary amides is 1. The number of hydrogen-bond donors (Lipinski definition) is 2. The smallest absolute Gasteiger partial charge is 0.238 e. The maximum atomic E-state index is 11.8. The first kappa shape index (κ1) is 16.7. The summed E-state index contributed by atoms with van der Waals surface area (Å²) >= 11 is 0. The highest BCUT2D eigenvalue weighted by molar-refractivity contribution is 5.85. The van der Waals surface area contributed by atoms with E-state index in [0.717, 1.165) is 38.5 Å². The molecule has 1 aliphatic heterocycles. The van der Waals surface area contributed by atoms with Gasteiger partial charge in [0, 0.05) is 6.61 Å². The van der Waals surface area contributed by atoms with Crippen LogP contribution in [0.3, 0.4) is 0 Å². The molecule has 2 aliphatic rings. The average Bonchev–Trinajstić information content (AvgIpc) is 2.82. The molecule has 0 aromatic heterocycles. The molecule has 1 saturated heterocycles. The molecule has 0 spiro atoms. The van der Waals surface area contributed by atoms with Crippen LogP contribution < -0.4 is 11.1 Å². The highest BCUT2D eigenvalue weighted by Gasteiger charge is 2.46. The van der Waals surface area contributed by atoms with E-state index in [0.29, 0.717) is 6.61 Å². The van der Waals surface area contributed by atoms with E-state index < -0.39 is 5.54 Å². The maximum Gasteiger partial charge on any atom is 0.238 e. The van der Waals surface area contributed by atoms with Crippen LogP contribution in [0.5, 0.6) is 0 Å². The molecule has 0 bridgehead atoms. The monoisotopic (exact) mass is 298 g/mol. The minimum absolute atomic E-state index is 0.221. The Labute approximate surface area is 127 Å². The molecule has 122 valence electrons. The summed E-state index contributed by atoms with van der Waals surface area (Å²) in [6.07, 6.45) is 6.58. The molecule has 4 unspecified atom stereocenters. The summed E-state index contributed by atoms with van der Waals surface area (Å²) in [6.45, 7) is 4.90. The Balaban J connectivity index is 1.81. The van der Waals surface area contributed by atoms with Crippen LogP contribution in [0.25, 0.3) is 0 Å². The number of nitrogens with one attached hydrogen (secondary N) is 1. The van der Waals surface area contributed by atoms with Crippen molar-refractivity contribution in [2.45, 2.75) is 76.2 Å². The van der Waals surface area contributed by atoms with Crippen molar-refractivity contribution in [3.63, 3.8) is 0 Å². The van der Waals surface area contributed by atoms with Crippen LogP contribution in [0, 0.1) is 5.92 Å². The third-order valence-electron chi connectivity index (χ3n) is 5.18. The summed E-state index contributed by atoms with van der Waals surface area (Å²) in [7, 11) is 1.84. The minimum atomic E-state index is -0.528. The van der Waals surface area contributed by atoms with Gasteiger partial charge in [-0.3, -0.25) is 4.79 Å². The molecule has 1 heterocycles. The van der Waals surface area contributed by atoms with Crippen molar-refractivity contribution in [3.05, 3.63) is 0 Å². The molecule has 0 aromatic carbocycles. The van der Waals surface area contributed by atoms with Crippen LogP contribution in [-0.4, -0.2) is 43.4 Å². The van der Waals surface area contributed by atoms with Crippen molar-refractivity contribution in [1.29, 1.82) is 0 Å². The van der Waals surface area contributed by atoms with Gasteiger partial charge in [0.2, 0.25) is 5.91 Å². The SMILES string of the molecule is CNC1(C(N)=O)CCCC1CCOC1CC(C)OC(C)C1. The number of likely N-dealkylation sites (N-methyl/N-ethyl adjacent to an activating group) is 1. The van der Waals surface area contributed by atoms with E-state index >= 15 is 0 Å². The number of ether oxygens (including phenoxy) is 2. The van der Waals surface area contributed by atoms with Crippen molar-refractivity contribution in [2.75, 3.05) is 13.7 Å². The van der Waals surface area contributed by atoms with Crippen LogP contribution in [0.2, 0.25) is 0 Å². The molecule has 1 amide bonds. The van der Waals surface area contributed by atoms with Crippen LogP contribution in [0.15, 0.2) is 0 Å². The first-order chi connectivity index (χ1) is 9.98. The van der Waals surface area contributed by atoms with E-state index in [9.17, 15) is 4.79 Å². The lowest BCUT2D eigenvalue weighted by Crippen LogP contribution is -2.56. The third-order valence-corrected chi connectivity index (χ3v) is 5.18. The second-order valence-electron chi connectivity index (χ2n) is 6.68. The Hall–Kier alpha value is -0.650. The number of carbonyl (C=O) groups is 1. The van der Waals surface area contributed by atoms with Gasteiger partial charge in [-0.1, -0.05) is 6.42 Å². The van der Waals surface area contributed by atoms with Crippen molar-refractivity contribution < 1.29 is 14.3 Å². The molecule has 21 heavy (non-hydrogen) atoms. The van der Waals surface area contributed by atoms with Crippen LogP contribution in [0.1, 0.15) is 52.4 Å². The molecule has 2 fully saturated rings. The lowest BCUT2D eigenvalue weighted by Gasteiger charge is -2.34.